The maximum atomic E-state index is 6.50. The van der Waals surface area contributed by atoms with Crippen LogP contribution in [-0.2, 0) is 0 Å². The molecule has 0 bridgehead atoms. The molecule has 1 nitrogen and oxygen atoms in total. The lowest BCUT2D eigenvalue weighted by Gasteiger charge is -2.22. The van der Waals surface area contributed by atoms with Crippen LogP contribution in [0, 0.1) is 0 Å². The van der Waals surface area contributed by atoms with Crippen LogP contribution in [-0.4, -0.2) is 6.61 Å². The number of hydrogen-bond acceptors (Lipinski definition) is 1. The minimum Gasteiger partial charge on any atom is -0.492 e. The molecule has 0 N–H and O–H groups in total. The summed E-state index contributed by atoms with van der Waals surface area (Å²) >= 11 is 6.50. The first-order valence-corrected chi connectivity index (χ1v) is 12.2. The molecule has 158 valence electrons. The van der Waals surface area contributed by atoms with Gasteiger partial charge in [-0.1, -0.05) is 107 Å². The fourth-order valence-electron chi connectivity index (χ4n) is 4.42. The van der Waals surface area contributed by atoms with E-state index in [2.05, 4.69) is 37.3 Å². The molecule has 29 heavy (non-hydrogen) atoms. The lowest BCUT2D eigenvalue weighted by molar-refractivity contribution is 0.304. The van der Waals surface area contributed by atoms with Gasteiger partial charge in [0, 0.05) is 0 Å². The Labute approximate surface area is 182 Å². The van der Waals surface area contributed by atoms with Crippen LogP contribution in [0.5, 0.6) is 5.75 Å². The van der Waals surface area contributed by atoms with E-state index in [1.54, 1.807) is 0 Å². The van der Waals surface area contributed by atoms with Crippen molar-refractivity contribution >= 4 is 11.6 Å². The molecule has 0 unspecified atom stereocenters. The highest BCUT2D eigenvalue weighted by Crippen LogP contribution is 2.35. The summed E-state index contributed by atoms with van der Waals surface area (Å²) in [4.78, 5) is 0. The van der Waals surface area contributed by atoms with Crippen molar-refractivity contribution in [1.29, 1.82) is 0 Å². The molecule has 0 radical (unpaired) electrons. The topological polar surface area (TPSA) is 9.23 Å². The molecule has 0 atom stereocenters. The van der Waals surface area contributed by atoms with Gasteiger partial charge < -0.3 is 4.74 Å². The number of ether oxygens (including phenoxy) is 1. The Morgan fingerprint density at radius 3 is 2.14 bits per heavy atom. The van der Waals surface area contributed by atoms with Crippen LogP contribution in [0.4, 0.5) is 0 Å². The quantitative estimate of drug-likeness (QED) is 0.334. The molecule has 0 amide bonds. The van der Waals surface area contributed by atoms with Crippen molar-refractivity contribution in [3.63, 3.8) is 0 Å². The predicted octanol–water partition coefficient (Wildman–Crippen LogP) is 9.18. The average Bonchev–Trinajstić information content (AvgIpc) is 2.77. The van der Waals surface area contributed by atoms with Crippen LogP contribution in [0.25, 0.3) is 11.1 Å². The normalized spacial score (nSPS) is 14.8. The molecule has 0 heterocycles. The molecule has 2 aromatic carbocycles. The Morgan fingerprint density at radius 2 is 1.45 bits per heavy atom. The molecule has 1 aliphatic carbocycles. The van der Waals surface area contributed by atoms with Gasteiger partial charge >= 0.3 is 0 Å². The zero-order valence-corrected chi connectivity index (χ0v) is 18.9. The fraction of sp³-hybridized carbons (Fsp3) is 0.556. The van der Waals surface area contributed by atoms with E-state index in [1.165, 1.54) is 81.8 Å². The second-order valence-corrected chi connectivity index (χ2v) is 8.98. The van der Waals surface area contributed by atoms with Crippen LogP contribution >= 0.6 is 11.6 Å². The number of unbranched alkanes of at least 4 members (excludes halogenated alkanes) is 6. The highest BCUT2D eigenvalue weighted by Gasteiger charge is 2.15. The summed E-state index contributed by atoms with van der Waals surface area (Å²) < 4.78 is 5.92. The molecule has 2 heteroatoms. The second-order valence-electron chi connectivity index (χ2n) is 8.57. The predicted molar refractivity (Wildman–Crippen MR) is 126 cm³/mol. The molecular weight excluding hydrogens is 376 g/mol. The third-order valence-corrected chi connectivity index (χ3v) is 6.55. The van der Waals surface area contributed by atoms with Gasteiger partial charge in [-0.05, 0) is 54.0 Å². The molecule has 0 aromatic heterocycles. The summed E-state index contributed by atoms with van der Waals surface area (Å²) in [6.07, 6.45) is 15.9. The number of rotatable bonds is 11. The molecule has 1 saturated carbocycles. The summed E-state index contributed by atoms with van der Waals surface area (Å²) in [6, 6.07) is 15.3. The summed E-state index contributed by atoms with van der Waals surface area (Å²) in [5, 5.41) is 0.710. The lowest BCUT2D eigenvalue weighted by Crippen LogP contribution is -2.04. The van der Waals surface area contributed by atoms with Crippen molar-refractivity contribution in [2.45, 2.75) is 89.9 Å². The van der Waals surface area contributed by atoms with Gasteiger partial charge in [-0.3, -0.25) is 0 Å². The molecule has 0 spiro atoms. The van der Waals surface area contributed by atoms with Gasteiger partial charge in [0.1, 0.15) is 5.75 Å². The molecule has 0 saturated heterocycles. The average molecular weight is 413 g/mol. The van der Waals surface area contributed by atoms with E-state index in [0.29, 0.717) is 5.02 Å². The minimum absolute atomic E-state index is 0.710. The Balaban J connectivity index is 1.47. The highest BCUT2D eigenvalue weighted by atomic mass is 35.5. The zero-order valence-electron chi connectivity index (χ0n) is 18.1. The SMILES string of the molecule is CCCCCCCCCOc1ccc(-c2ccc(C3CCCCC3)cc2)cc1Cl. The van der Waals surface area contributed by atoms with Crippen molar-refractivity contribution in [3.05, 3.63) is 53.1 Å². The molecule has 2 aromatic rings. The Bertz CT molecular complexity index is 716. The van der Waals surface area contributed by atoms with Crippen molar-refractivity contribution < 1.29 is 4.74 Å². The van der Waals surface area contributed by atoms with Crippen molar-refractivity contribution in [2.24, 2.45) is 0 Å². The summed E-state index contributed by atoms with van der Waals surface area (Å²) in [6.45, 7) is 3.01. The highest BCUT2D eigenvalue weighted by molar-refractivity contribution is 6.32. The van der Waals surface area contributed by atoms with E-state index in [1.807, 2.05) is 12.1 Å². The number of benzene rings is 2. The van der Waals surface area contributed by atoms with Crippen molar-refractivity contribution in [1.82, 2.24) is 0 Å². The van der Waals surface area contributed by atoms with E-state index in [4.69, 9.17) is 16.3 Å². The minimum atomic E-state index is 0.710. The van der Waals surface area contributed by atoms with Crippen LogP contribution in [0.2, 0.25) is 5.02 Å². The van der Waals surface area contributed by atoms with Gasteiger partial charge in [-0.25, -0.2) is 0 Å². The van der Waals surface area contributed by atoms with E-state index < -0.39 is 0 Å². The standard InChI is InChI=1S/C27H37ClO/c1-2-3-4-5-6-7-11-20-29-27-19-18-25(21-26(27)28)24-16-14-23(15-17-24)22-12-9-8-10-13-22/h14-19,21-22H,2-13,20H2,1H3. The fourth-order valence-corrected chi connectivity index (χ4v) is 4.66. The molecule has 1 aliphatic rings. The van der Waals surface area contributed by atoms with Crippen LogP contribution in [0.1, 0.15) is 95.5 Å². The third kappa shape index (κ3) is 7.07. The summed E-state index contributed by atoms with van der Waals surface area (Å²) in [7, 11) is 0. The van der Waals surface area contributed by atoms with Gasteiger partial charge in [-0.15, -0.1) is 0 Å². The molecular formula is C27H37ClO. The van der Waals surface area contributed by atoms with Gasteiger partial charge in [0.15, 0.2) is 0 Å². The van der Waals surface area contributed by atoms with Gasteiger partial charge in [0.05, 0.1) is 11.6 Å². The monoisotopic (exact) mass is 412 g/mol. The molecule has 1 fully saturated rings. The van der Waals surface area contributed by atoms with Crippen LogP contribution in [0.15, 0.2) is 42.5 Å². The second kappa shape index (κ2) is 12.3. The van der Waals surface area contributed by atoms with E-state index >= 15 is 0 Å². The summed E-state index contributed by atoms with van der Waals surface area (Å²) in [5.41, 5.74) is 3.88. The number of halogens is 1. The zero-order chi connectivity index (χ0) is 20.3. The largest absolute Gasteiger partial charge is 0.492 e. The van der Waals surface area contributed by atoms with Crippen molar-refractivity contribution in [3.8, 4) is 16.9 Å². The van der Waals surface area contributed by atoms with E-state index in [-0.39, 0.29) is 0 Å². The van der Waals surface area contributed by atoms with E-state index in [0.717, 1.165) is 30.3 Å². The summed E-state index contributed by atoms with van der Waals surface area (Å²) in [5.74, 6) is 1.56. The Morgan fingerprint density at radius 1 is 0.793 bits per heavy atom. The smallest absolute Gasteiger partial charge is 0.137 e. The van der Waals surface area contributed by atoms with Crippen molar-refractivity contribution in [2.75, 3.05) is 6.61 Å². The first kappa shape index (κ1) is 22.2. The van der Waals surface area contributed by atoms with Gasteiger partial charge in [0.2, 0.25) is 0 Å². The molecule has 3 rings (SSSR count). The van der Waals surface area contributed by atoms with Gasteiger partial charge in [0.25, 0.3) is 0 Å². The lowest BCUT2D eigenvalue weighted by atomic mass is 9.84. The van der Waals surface area contributed by atoms with Crippen LogP contribution < -0.4 is 4.74 Å². The first-order valence-electron chi connectivity index (χ1n) is 11.8. The maximum absolute atomic E-state index is 6.50. The first-order chi connectivity index (χ1) is 14.3. The maximum Gasteiger partial charge on any atom is 0.137 e. The van der Waals surface area contributed by atoms with E-state index in [9.17, 15) is 0 Å². The molecule has 0 aliphatic heterocycles. The van der Waals surface area contributed by atoms with Gasteiger partial charge in [-0.2, -0.15) is 0 Å². The Kier molecular flexibility index (Phi) is 9.41. The Hall–Kier alpha value is -1.47. The number of hydrogen-bond donors (Lipinski definition) is 0. The van der Waals surface area contributed by atoms with Crippen LogP contribution in [0.3, 0.4) is 0 Å². The third-order valence-electron chi connectivity index (χ3n) is 6.26.